The minimum atomic E-state index is -0.239. The van der Waals surface area contributed by atoms with Crippen molar-refractivity contribution in [2.45, 2.75) is 45.2 Å². The Bertz CT molecular complexity index is 401. The average Bonchev–Trinajstić information content (AvgIpc) is 2.63. The molecule has 3 heteroatoms. The molecule has 0 fully saturated rings. The van der Waals surface area contributed by atoms with Gasteiger partial charge in [0.15, 0.2) is 0 Å². The number of fused-ring (bicyclic) bond motifs is 1. The number of halogens is 1. The molecule has 0 saturated heterocycles. The average molecular weight is 264 g/mol. The number of hydrogen-bond donors (Lipinski definition) is 1. The topological polar surface area (TPSA) is 15.3 Å². The summed E-state index contributed by atoms with van der Waals surface area (Å²) in [4.78, 5) is 2.36. The van der Waals surface area contributed by atoms with Crippen LogP contribution in [-0.2, 0) is 6.54 Å². The predicted molar refractivity (Wildman–Crippen MR) is 79.4 cm³/mol. The van der Waals surface area contributed by atoms with E-state index in [1.54, 1.807) is 0 Å². The molecule has 1 aliphatic heterocycles. The largest absolute Gasteiger partial charge is 0.369 e. The van der Waals surface area contributed by atoms with Gasteiger partial charge >= 0.3 is 0 Å². The van der Waals surface area contributed by atoms with E-state index in [-0.39, 0.29) is 12.2 Å². The van der Waals surface area contributed by atoms with Crippen LogP contribution in [0.4, 0.5) is 10.1 Å². The van der Waals surface area contributed by atoms with E-state index in [1.165, 1.54) is 11.3 Å². The monoisotopic (exact) mass is 264 g/mol. The first-order chi connectivity index (χ1) is 9.24. The number of hydrogen-bond acceptors (Lipinski definition) is 2. The highest BCUT2D eigenvalue weighted by molar-refractivity contribution is 5.55. The molecule has 0 spiro atoms. The Morgan fingerprint density at radius 1 is 1.26 bits per heavy atom. The highest BCUT2D eigenvalue weighted by atomic mass is 19.1. The van der Waals surface area contributed by atoms with Crippen molar-refractivity contribution in [1.82, 2.24) is 5.32 Å². The van der Waals surface area contributed by atoms with Crippen LogP contribution in [0.15, 0.2) is 24.3 Å². The first kappa shape index (κ1) is 14.3. The molecule has 1 heterocycles. The highest BCUT2D eigenvalue weighted by Crippen LogP contribution is 2.29. The maximum absolute atomic E-state index is 12.5. The second-order valence-electron chi connectivity index (χ2n) is 5.43. The highest BCUT2D eigenvalue weighted by Gasteiger charge is 2.31. The number of para-hydroxylation sites is 1. The Labute approximate surface area is 116 Å². The van der Waals surface area contributed by atoms with Gasteiger partial charge in [0.05, 0.1) is 6.67 Å². The summed E-state index contributed by atoms with van der Waals surface area (Å²) in [5.74, 6) is 0. The summed E-state index contributed by atoms with van der Waals surface area (Å²) in [5.41, 5.74) is 2.74. The van der Waals surface area contributed by atoms with Crippen LogP contribution in [0.5, 0.6) is 0 Å². The Morgan fingerprint density at radius 2 is 2.00 bits per heavy atom. The summed E-state index contributed by atoms with van der Waals surface area (Å²) in [7, 11) is 0. The van der Waals surface area contributed by atoms with Crippen molar-refractivity contribution in [2.24, 2.45) is 0 Å². The van der Waals surface area contributed by atoms with E-state index in [9.17, 15) is 4.39 Å². The molecular formula is C16H25FN2. The summed E-state index contributed by atoms with van der Waals surface area (Å²) in [6.45, 7) is 6.91. The molecule has 2 rings (SSSR count). The lowest BCUT2D eigenvalue weighted by Gasteiger charge is -2.36. The van der Waals surface area contributed by atoms with E-state index in [1.807, 2.05) is 0 Å². The van der Waals surface area contributed by atoms with E-state index >= 15 is 0 Å². The maximum atomic E-state index is 12.5. The van der Waals surface area contributed by atoms with Crippen molar-refractivity contribution < 1.29 is 4.39 Å². The lowest BCUT2D eigenvalue weighted by molar-refractivity contribution is 0.305. The molecule has 0 aliphatic carbocycles. The minimum absolute atomic E-state index is 0.148. The summed E-state index contributed by atoms with van der Waals surface area (Å²) in [6.07, 6.45) is 2.81. The second kappa shape index (κ2) is 6.38. The van der Waals surface area contributed by atoms with Crippen molar-refractivity contribution in [2.75, 3.05) is 24.7 Å². The molecule has 0 bridgehead atoms. The number of nitrogens with zero attached hydrogens (tertiary/aromatic N) is 1. The van der Waals surface area contributed by atoms with Gasteiger partial charge in [-0.2, -0.15) is 0 Å². The third kappa shape index (κ3) is 3.08. The van der Waals surface area contributed by atoms with Gasteiger partial charge in [-0.25, -0.2) is 0 Å². The lowest BCUT2D eigenvalue weighted by Crippen LogP contribution is -2.51. The number of alkyl halides is 1. The molecular weight excluding hydrogens is 239 g/mol. The van der Waals surface area contributed by atoms with Crippen molar-refractivity contribution in [3.8, 4) is 0 Å². The van der Waals surface area contributed by atoms with Gasteiger partial charge in [0, 0.05) is 30.9 Å². The minimum Gasteiger partial charge on any atom is -0.369 e. The summed E-state index contributed by atoms with van der Waals surface area (Å²) in [5, 5.41) is 3.72. The molecule has 0 saturated carbocycles. The van der Waals surface area contributed by atoms with Crippen LogP contribution in [0, 0.1) is 0 Å². The number of rotatable bonds is 5. The number of benzene rings is 1. The fourth-order valence-electron chi connectivity index (χ4n) is 2.93. The summed E-state index contributed by atoms with van der Waals surface area (Å²) >= 11 is 0. The van der Waals surface area contributed by atoms with Crippen molar-refractivity contribution in [1.29, 1.82) is 0 Å². The molecule has 2 nitrogen and oxygen atoms in total. The maximum Gasteiger partial charge on any atom is 0.0911 e. The van der Waals surface area contributed by atoms with E-state index in [2.05, 4.69) is 48.3 Å². The van der Waals surface area contributed by atoms with Crippen molar-refractivity contribution >= 4 is 5.69 Å². The van der Waals surface area contributed by atoms with E-state index in [4.69, 9.17) is 0 Å². The third-order valence-electron chi connectivity index (χ3n) is 4.39. The molecule has 1 aromatic rings. The molecule has 0 radical (unpaired) electrons. The Kier molecular flexibility index (Phi) is 4.81. The van der Waals surface area contributed by atoms with Gasteiger partial charge in [-0.05, 0) is 30.9 Å². The van der Waals surface area contributed by atoms with Crippen molar-refractivity contribution in [3.63, 3.8) is 0 Å². The van der Waals surface area contributed by atoms with Crippen molar-refractivity contribution in [3.05, 3.63) is 29.8 Å². The first-order valence-corrected chi connectivity index (χ1v) is 7.38. The van der Waals surface area contributed by atoms with Crippen LogP contribution < -0.4 is 10.2 Å². The van der Waals surface area contributed by atoms with E-state index in [0.29, 0.717) is 6.42 Å². The fourth-order valence-corrected chi connectivity index (χ4v) is 2.93. The quantitative estimate of drug-likeness (QED) is 0.875. The molecule has 106 valence electrons. The zero-order chi connectivity index (χ0) is 13.7. The van der Waals surface area contributed by atoms with Crippen LogP contribution in [0.3, 0.4) is 0 Å². The standard InChI is InChI=1S/C16H25FN2/c1-3-16(4-2)13-19(11-7-10-17)15-9-6-5-8-14(15)12-18-16/h5-6,8-9,18H,3-4,7,10-13H2,1-2H3. The van der Waals surface area contributed by atoms with E-state index in [0.717, 1.165) is 32.5 Å². The molecule has 0 unspecified atom stereocenters. The summed E-state index contributed by atoms with van der Waals surface area (Å²) < 4.78 is 12.5. The van der Waals surface area contributed by atoms with Crippen LogP contribution in [-0.4, -0.2) is 25.3 Å². The molecule has 19 heavy (non-hydrogen) atoms. The van der Waals surface area contributed by atoms with Crippen LogP contribution in [0.2, 0.25) is 0 Å². The molecule has 1 N–H and O–H groups in total. The van der Waals surface area contributed by atoms with Crippen LogP contribution >= 0.6 is 0 Å². The Hall–Kier alpha value is -1.09. The van der Waals surface area contributed by atoms with Crippen LogP contribution in [0.1, 0.15) is 38.7 Å². The fraction of sp³-hybridized carbons (Fsp3) is 0.625. The van der Waals surface area contributed by atoms with Crippen LogP contribution in [0.25, 0.3) is 0 Å². The van der Waals surface area contributed by atoms with Gasteiger partial charge in [-0.3, -0.25) is 4.39 Å². The molecule has 1 aromatic carbocycles. The zero-order valence-corrected chi connectivity index (χ0v) is 12.1. The Morgan fingerprint density at radius 3 is 2.68 bits per heavy atom. The van der Waals surface area contributed by atoms with Gasteiger partial charge in [0.2, 0.25) is 0 Å². The van der Waals surface area contributed by atoms with Gasteiger partial charge in [0.25, 0.3) is 0 Å². The SMILES string of the molecule is CCC1(CC)CN(CCCF)c2ccccc2CN1. The number of nitrogens with one attached hydrogen (secondary N) is 1. The normalized spacial score (nSPS) is 17.9. The zero-order valence-electron chi connectivity index (χ0n) is 12.1. The predicted octanol–water partition coefficient (Wildman–Crippen LogP) is 3.51. The summed E-state index contributed by atoms with van der Waals surface area (Å²) in [6, 6.07) is 8.49. The molecule has 0 atom stereocenters. The first-order valence-electron chi connectivity index (χ1n) is 7.38. The lowest BCUT2D eigenvalue weighted by atomic mass is 9.92. The van der Waals surface area contributed by atoms with Gasteiger partial charge in [0.1, 0.15) is 0 Å². The third-order valence-corrected chi connectivity index (χ3v) is 4.39. The molecule has 0 aromatic heterocycles. The van der Waals surface area contributed by atoms with Gasteiger partial charge < -0.3 is 10.2 Å². The Balaban J connectivity index is 2.29. The molecule has 0 amide bonds. The number of anilines is 1. The van der Waals surface area contributed by atoms with Gasteiger partial charge in [-0.1, -0.05) is 32.0 Å². The van der Waals surface area contributed by atoms with Gasteiger partial charge in [-0.15, -0.1) is 0 Å². The molecule has 1 aliphatic rings. The smallest absolute Gasteiger partial charge is 0.0911 e. The van der Waals surface area contributed by atoms with E-state index < -0.39 is 0 Å². The second-order valence-corrected chi connectivity index (χ2v) is 5.43.